The Balaban J connectivity index is 2.40. The zero-order valence-electron chi connectivity index (χ0n) is 13.4. The van der Waals surface area contributed by atoms with E-state index in [0.717, 1.165) is 11.1 Å². The predicted octanol–water partition coefficient (Wildman–Crippen LogP) is 1.10. The van der Waals surface area contributed by atoms with Gasteiger partial charge in [-0.15, -0.1) is 0 Å². The number of aryl methyl sites for hydroxylation is 2. The molecule has 0 aromatic heterocycles. The topological polar surface area (TPSA) is 84.5 Å². The van der Waals surface area contributed by atoms with Gasteiger partial charge in [-0.05, 0) is 39.8 Å². The van der Waals surface area contributed by atoms with E-state index in [4.69, 9.17) is 4.74 Å². The van der Waals surface area contributed by atoms with Crippen LogP contribution >= 0.6 is 0 Å². The van der Waals surface area contributed by atoms with Gasteiger partial charge in [0.05, 0.1) is 12.1 Å². The van der Waals surface area contributed by atoms with Crippen LogP contribution in [0.1, 0.15) is 35.3 Å². The number of amides is 2. The lowest BCUT2D eigenvalue weighted by atomic mass is 10.1. The molecule has 22 heavy (non-hydrogen) atoms. The van der Waals surface area contributed by atoms with E-state index in [1.165, 1.54) is 0 Å². The summed E-state index contributed by atoms with van der Waals surface area (Å²) >= 11 is 0. The molecule has 0 saturated carbocycles. The van der Waals surface area contributed by atoms with E-state index < -0.39 is 18.5 Å². The molecule has 0 atom stereocenters. The van der Waals surface area contributed by atoms with Gasteiger partial charge in [-0.3, -0.25) is 9.59 Å². The van der Waals surface area contributed by atoms with Gasteiger partial charge in [0.1, 0.15) is 0 Å². The first kappa shape index (κ1) is 17.7. The Kier molecular flexibility index (Phi) is 6.56. The molecule has 6 heteroatoms. The maximum Gasteiger partial charge on any atom is 0.338 e. The van der Waals surface area contributed by atoms with E-state index in [-0.39, 0.29) is 18.5 Å². The van der Waals surface area contributed by atoms with Crippen molar-refractivity contribution in [3.63, 3.8) is 0 Å². The fourth-order valence-corrected chi connectivity index (χ4v) is 1.91. The fourth-order valence-electron chi connectivity index (χ4n) is 1.91. The molecule has 120 valence electrons. The minimum absolute atomic E-state index is 0.00629. The monoisotopic (exact) mass is 306 g/mol. The van der Waals surface area contributed by atoms with Crippen LogP contribution in [0.2, 0.25) is 0 Å². The molecule has 0 aliphatic rings. The Morgan fingerprint density at radius 1 is 1.05 bits per heavy atom. The zero-order valence-corrected chi connectivity index (χ0v) is 13.4. The number of rotatable bonds is 6. The molecule has 1 aromatic carbocycles. The van der Waals surface area contributed by atoms with E-state index >= 15 is 0 Å². The van der Waals surface area contributed by atoms with E-state index in [2.05, 4.69) is 10.6 Å². The highest BCUT2D eigenvalue weighted by molar-refractivity contribution is 5.92. The summed E-state index contributed by atoms with van der Waals surface area (Å²) in [7, 11) is 0. The minimum atomic E-state index is -0.561. The van der Waals surface area contributed by atoms with Gasteiger partial charge < -0.3 is 15.4 Å². The molecule has 0 aliphatic carbocycles. The van der Waals surface area contributed by atoms with Crippen molar-refractivity contribution in [2.24, 2.45) is 0 Å². The third-order valence-electron chi connectivity index (χ3n) is 2.69. The molecule has 0 unspecified atom stereocenters. The molecule has 0 aliphatic heterocycles. The highest BCUT2D eigenvalue weighted by atomic mass is 16.5. The molecule has 0 spiro atoms. The van der Waals surface area contributed by atoms with Gasteiger partial charge in [0, 0.05) is 6.04 Å². The lowest BCUT2D eigenvalue weighted by molar-refractivity contribution is -0.128. The second-order valence-electron chi connectivity index (χ2n) is 5.45. The summed E-state index contributed by atoms with van der Waals surface area (Å²) in [4.78, 5) is 34.7. The number of benzene rings is 1. The van der Waals surface area contributed by atoms with Crippen LogP contribution in [0.15, 0.2) is 18.2 Å². The molecule has 1 aromatic rings. The second kappa shape index (κ2) is 8.17. The minimum Gasteiger partial charge on any atom is -0.452 e. The highest BCUT2D eigenvalue weighted by Gasteiger charge is 2.12. The van der Waals surface area contributed by atoms with E-state index in [1.807, 2.05) is 33.8 Å². The number of carbonyl (C=O) groups is 3. The standard InChI is InChI=1S/C16H22N2O4/c1-10(2)18-14(19)8-17-15(20)9-22-16(21)13-6-11(3)5-12(4)7-13/h5-7,10H,8-9H2,1-4H3,(H,17,20)(H,18,19). The zero-order chi connectivity index (χ0) is 16.7. The number of ether oxygens (including phenoxy) is 1. The van der Waals surface area contributed by atoms with Crippen molar-refractivity contribution in [1.29, 1.82) is 0 Å². The molecule has 0 bridgehead atoms. The van der Waals surface area contributed by atoms with Crippen LogP contribution in [0.4, 0.5) is 0 Å². The van der Waals surface area contributed by atoms with E-state index in [0.29, 0.717) is 5.56 Å². The summed E-state index contributed by atoms with van der Waals surface area (Å²) in [5, 5.41) is 5.03. The molecule has 0 fully saturated rings. The summed E-state index contributed by atoms with van der Waals surface area (Å²) in [6.45, 7) is 6.85. The van der Waals surface area contributed by atoms with Crippen molar-refractivity contribution in [2.45, 2.75) is 33.7 Å². The highest BCUT2D eigenvalue weighted by Crippen LogP contribution is 2.09. The second-order valence-corrected chi connectivity index (χ2v) is 5.45. The fraction of sp³-hybridized carbons (Fsp3) is 0.438. The van der Waals surface area contributed by atoms with Crippen molar-refractivity contribution in [2.75, 3.05) is 13.2 Å². The quantitative estimate of drug-likeness (QED) is 0.771. The third-order valence-corrected chi connectivity index (χ3v) is 2.69. The lowest BCUT2D eigenvalue weighted by Gasteiger charge is -2.10. The molecule has 0 saturated heterocycles. The van der Waals surface area contributed by atoms with Crippen LogP contribution in [0.3, 0.4) is 0 Å². The maximum atomic E-state index is 11.9. The van der Waals surface area contributed by atoms with Gasteiger partial charge >= 0.3 is 5.97 Å². The van der Waals surface area contributed by atoms with Crippen LogP contribution in [-0.2, 0) is 14.3 Å². The van der Waals surface area contributed by atoms with Crippen molar-refractivity contribution >= 4 is 17.8 Å². The van der Waals surface area contributed by atoms with Crippen LogP contribution < -0.4 is 10.6 Å². The van der Waals surface area contributed by atoms with E-state index in [1.54, 1.807) is 12.1 Å². The summed E-state index contributed by atoms with van der Waals surface area (Å²) in [6.07, 6.45) is 0. The molecule has 1 rings (SSSR count). The Morgan fingerprint density at radius 2 is 1.64 bits per heavy atom. The average Bonchev–Trinajstić information content (AvgIpc) is 2.40. The van der Waals surface area contributed by atoms with Gasteiger partial charge in [0.25, 0.3) is 5.91 Å². The number of carbonyl (C=O) groups excluding carboxylic acids is 3. The van der Waals surface area contributed by atoms with Gasteiger partial charge in [-0.25, -0.2) is 4.79 Å². The average molecular weight is 306 g/mol. The van der Waals surface area contributed by atoms with Crippen molar-refractivity contribution in [3.8, 4) is 0 Å². The first-order valence-corrected chi connectivity index (χ1v) is 7.09. The first-order valence-electron chi connectivity index (χ1n) is 7.09. The van der Waals surface area contributed by atoms with Crippen molar-refractivity contribution in [3.05, 3.63) is 34.9 Å². The molecule has 0 radical (unpaired) electrons. The molecular weight excluding hydrogens is 284 g/mol. The van der Waals surface area contributed by atoms with Crippen molar-refractivity contribution < 1.29 is 19.1 Å². The number of esters is 1. The molecule has 2 amide bonds. The van der Waals surface area contributed by atoms with Gasteiger partial charge in [-0.2, -0.15) is 0 Å². The van der Waals surface area contributed by atoms with Crippen LogP contribution in [0.25, 0.3) is 0 Å². The van der Waals surface area contributed by atoms with Crippen LogP contribution in [-0.4, -0.2) is 37.0 Å². The Labute approximate surface area is 130 Å². The number of hydrogen-bond acceptors (Lipinski definition) is 4. The first-order chi connectivity index (χ1) is 10.3. The SMILES string of the molecule is Cc1cc(C)cc(C(=O)OCC(=O)NCC(=O)NC(C)C)c1. The van der Waals surface area contributed by atoms with Crippen LogP contribution in [0.5, 0.6) is 0 Å². The van der Waals surface area contributed by atoms with Gasteiger partial charge in [-0.1, -0.05) is 17.2 Å². The van der Waals surface area contributed by atoms with Gasteiger partial charge in [0.15, 0.2) is 6.61 Å². The number of nitrogens with one attached hydrogen (secondary N) is 2. The molecular formula is C16H22N2O4. The summed E-state index contributed by atoms with van der Waals surface area (Å²) < 4.78 is 4.93. The Morgan fingerprint density at radius 3 is 2.18 bits per heavy atom. The molecule has 2 N–H and O–H groups in total. The Bertz CT molecular complexity index is 547. The van der Waals surface area contributed by atoms with Crippen molar-refractivity contribution in [1.82, 2.24) is 10.6 Å². The summed E-state index contributed by atoms with van der Waals surface area (Å²) in [6, 6.07) is 5.34. The van der Waals surface area contributed by atoms with Crippen LogP contribution in [0, 0.1) is 13.8 Å². The number of hydrogen-bond donors (Lipinski definition) is 2. The normalized spacial score (nSPS) is 10.2. The predicted molar refractivity (Wildman–Crippen MR) is 82.5 cm³/mol. The smallest absolute Gasteiger partial charge is 0.338 e. The lowest BCUT2D eigenvalue weighted by Crippen LogP contribution is -2.41. The third kappa shape index (κ3) is 6.39. The Hall–Kier alpha value is -2.37. The summed E-state index contributed by atoms with van der Waals surface area (Å²) in [5.74, 6) is -1.37. The maximum absolute atomic E-state index is 11.9. The van der Waals surface area contributed by atoms with Gasteiger partial charge in [0.2, 0.25) is 5.91 Å². The largest absolute Gasteiger partial charge is 0.452 e. The molecule has 6 nitrogen and oxygen atoms in total. The summed E-state index contributed by atoms with van der Waals surface area (Å²) in [5.41, 5.74) is 2.30. The molecule has 0 heterocycles. The van der Waals surface area contributed by atoms with E-state index in [9.17, 15) is 14.4 Å².